The molecule has 1 saturated heterocycles. The van der Waals surface area contributed by atoms with Crippen LogP contribution in [-0.2, 0) is 9.84 Å². The number of rotatable bonds is 3. The Balaban J connectivity index is 2.36. The summed E-state index contributed by atoms with van der Waals surface area (Å²) < 4.78 is 24.3. The van der Waals surface area contributed by atoms with E-state index in [-0.39, 0.29) is 10.8 Å². The zero-order valence-corrected chi connectivity index (χ0v) is 13.2. The van der Waals surface area contributed by atoms with E-state index in [1.54, 1.807) is 0 Å². The quantitative estimate of drug-likeness (QED) is 0.852. The van der Waals surface area contributed by atoms with Crippen molar-refractivity contribution in [3.05, 3.63) is 0 Å². The number of likely N-dealkylation sites (tertiary alicyclic amines) is 1. The van der Waals surface area contributed by atoms with E-state index in [4.69, 9.17) is 5.73 Å². The van der Waals surface area contributed by atoms with Gasteiger partial charge in [0.15, 0.2) is 9.84 Å². The van der Waals surface area contributed by atoms with Crippen molar-refractivity contribution in [2.24, 2.45) is 11.7 Å². The molecule has 1 aliphatic heterocycles. The van der Waals surface area contributed by atoms with Gasteiger partial charge in [0.05, 0.1) is 10.8 Å². The highest BCUT2D eigenvalue weighted by molar-refractivity contribution is 7.91. The zero-order valence-electron chi connectivity index (χ0n) is 12.4. The van der Waals surface area contributed by atoms with Crippen molar-refractivity contribution in [1.82, 2.24) is 4.90 Å². The summed E-state index contributed by atoms with van der Waals surface area (Å²) >= 11 is 0. The summed E-state index contributed by atoms with van der Waals surface area (Å²) in [6.45, 7) is 5.96. The maximum atomic E-state index is 12.2. The number of nitrogens with zero attached hydrogens (tertiary/aromatic N) is 1. The molecular weight excluding hydrogens is 260 g/mol. The molecule has 1 saturated carbocycles. The lowest BCUT2D eigenvalue weighted by Gasteiger charge is -2.51. The third-order valence-corrected chi connectivity index (χ3v) is 7.20. The predicted molar refractivity (Wildman–Crippen MR) is 78.8 cm³/mol. The fourth-order valence-corrected chi connectivity index (χ4v) is 6.02. The fraction of sp³-hybridized carbons (Fsp3) is 1.00. The van der Waals surface area contributed by atoms with Gasteiger partial charge in [-0.05, 0) is 45.1 Å². The number of sulfone groups is 1. The van der Waals surface area contributed by atoms with Gasteiger partial charge in [-0.2, -0.15) is 0 Å². The molecule has 0 spiro atoms. The third kappa shape index (κ3) is 2.57. The van der Waals surface area contributed by atoms with Crippen LogP contribution in [0.2, 0.25) is 0 Å². The number of hydrogen-bond donors (Lipinski definition) is 1. The van der Waals surface area contributed by atoms with Crippen molar-refractivity contribution in [2.75, 3.05) is 19.3 Å². The second-order valence-corrected chi connectivity index (χ2v) is 8.80. The minimum atomic E-state index is -3.03. The summed E-state index contributed by atoms with van der Waals surface area (Å²) in [6.07, 6.45) is 6.45. The summed E-state index contributed by atoms with van der Waals surface area (Å²) in [5.74, 6) is 0.623. The maximum absolute atomic E-state index is 12.2. The molecule has 2 fully saturated rings. The maximum Gasteiger partial charge on any atom is 0.152 e. The summed E-state index contributed by atoms with van der Waals surface area (Å²) in [4.78, 5) is 2.43. The highest BCUT2D eigenvalue weighted by Gasteiger charge is 2.52. The Morgan fingerprint density at radius 2 is 1.95 bits per heavy atom. The van der Waals surface area contributed by atoms with Gasteiger partial charge in [-0.15, -0.1) is 0 Å². The van der Waals surface area contributed by atoms with Crippen LogP contribution in [0.15, 0.2) is 0 Å². The van der Waals surface area contributed by atoms with Crippen molar-refractivity contribution in [1.29, 1.82) is 0 Å². The Morgan fingerprint density at radius 3 is 2.53 bits per heavy atom. The summed E-state index contributed by atoms with van der Waals surface area (Å²) in [5, 5.41) is -0.280. The molecule has 0 aromatic carbocycles. The lowest BCUT2D eigenvalue weighted by atomic mass is 9.84. The van der Waals surface area contributed by atoms with E-state index in [9.17, 15) is 8.42 Å². The fourth-order valence-electron chi connectivity index (χ4n) is 4.28. The molecular formula is C14H28N2O2S. The van der Waals surface area contributed by atoms with E-state index < -0.39 is 9.84 Å². The SMILES string of the molecule is CC1CCCN(C2(CN)CCCC2S(C)(=O)=O)C1C. The van der Waals surface area contributed by atoms with Crippen LogP contribution < -0.4 is 5.73 Å². The van der Waals surface area contributed by atoms with Crippen LogP contribution >= 0.6 is 0 Å². The Hall–Kier alpha value is -0.130. The van der Waals surface area contributed by atoms with Gasteiger partial charge in [0, 0.05) is 18.8 Å². The molecule has 1 heterocycles. The van der Waals surface area contributed by atoms with Crippen molar-refractivity contribution >= 4 is 9.84 Å². The third-order valence-electron chi connectivity index (χ3n) is 5.49. The van der Waals surface area contributed by atoms with Gasteiger partial charge in [-0.3, -0.25) is 4.90 Å². The number of nitrogens with two attached hydrogens (primary N) is 1. The molecule has 1 aliphatic carbocycles. The van der Waals surface area contributed by atoms with Gasteiger partial charge in [0.2, 0.25) is 0 Å². The second-order valence-electron chi connectivity index (χ2n) is 6.57. The normalized spacial score (nSPS) is 41.6. The van der Waals surface area contributed by atoms with Crippen molar-refractivity contribution in [3.63, 3.8) is 0 Å². The first-order chi connectivity index (χ1) is 8.83. The van der Waals surface area contributed by atoms with Crippen LogP contribution in [-0.4, -0.2) is 49.5 Å². The first-order valence-electron chi connectivity index (χ1n) is 7.48. The molecule has 2 rings (SSSR count). The Bertz CT molecular complexity index is 423. The first-order valence-corrected chi connectivity index (χ1v) is 9.44. The van der Waals surface area contributed by atoms with Crippen molar-refractivity contribution < 1.29 is 8.42 Å². The molecule has 4 atom stereocenters. The van der Waals surface area contributed by atoms with Gasteiger partial charge < -0.3 is 5.73 Å². The van der Waals surface area contributed by atoms with Gasteiger partial charge in [0.25, 0.3) is 0 Å². The average Bonchev–Trinajstić information content (AvgIpc) is 2.77. The van der Waals surface area contributed by atoms with Crippen LogP contribution in [0.25, 0.3) is 0 Å². The molecule has 2 N–H and O–H groups in total. The molecule has 0 aromatic rings. The molecule has 0 radical (unpaired) electrons. The summed E-state index contributed by atoms with van der Waals surface area (Å²) in [6, 6.07) is 0.430. The van der Waals surface area contributed by atoms with Gasteiger partial charge in [0.1, 0.15) is 0 Å². The monoisotopic (exact) mass is 288 g/mol. The van der Waals surface area contributed by atoms with Crippen molar-refractivity contribution in [2.45, 2.75) is 62.8 Å². The van der Waals surface area contributed by atoms with Gasteiger partial charge >= 0.3 is 0 Å². The molecule has 0 amide bonds. The summed E-state index contributed by atoms with van der Waals surface area (Å²) in [7, 11) is -3.03. The van der Waals surface area contributed by atoms with Crippen LogP contribution in [0, 0.1) is 5.92 Å². The van der Waals surface area contributed by atoms with Crippen LogP contribution in [0.5, 0.6) is 0 Å². The number of piperidine rings is 1. The smallest absolute Gasteiger partial charge is 0.152 e. The molecule has 0 aromatic heterocycles. The van der Waals surface area contributed by atoms with Crippen molar-refractivity contribution in [3.8, 4) is 0 Å². The molecule has 4 unspecified atom stereocenters. The minimum Gasteiger partial charge on any atom is -0.329 e. The summed E-state index contributed by atoms with van der Waals surface area (Å²) in [5.41, 5.74) is 5.77. The standard InChI is InChI=1S/C14H28N2O2S/c1-11-6-5-9-16(12(11)2)14(10-15)8-4-7-13(14)19(3,17)18/h11-13H,4-10,15H2,1-3H3. The van der Waals surface area contributed by atoms with Crippen LogP contribution in [0.1, 0.15) is 46.0 Å². The Morgan fingerprint density at radius 1 is 1.26 bits per heavy atom. The molecule has 0 bridgehead atoms. The predicted octanol–water partition coefficient (Wildman–Crippen LogP) is 1.40. The van der Waals surface area contributed by atoms with Crippen LogP contribution in [0.4, 0.5) is 0 Å². The first kappa shape index (κ1) is 15.3. The molecule has 4 nitrogen and oxygen atoms in total. The molecule has 19 heavy (non-hydrogen) atoms. The van der Waals surface area contributed by atoms with Gasteiger partial charge in [-0.25, -0.2) is 8.42 Å². The zero-order chi connectivity index (χ0) is 14.3. The Labute approximate surface area is 117 Å². The van der Waals surface area contributed by atoms with E-state index in [0.717, 1.165) is 32.2 Å². The van der Waals surface area contributed by atoms with E-state index in [1.165, 1.54) is 12.7 Å². The minimum absolute atomic E-state index is 0.280. The lowest BCUT2D eigenvalue weighted by Crippen LogP contribution is -2.65. The van der Waals surface area contributed by atoms with E-state index in [1.807, 2.05) is 0 Å². The van der Waals surface area contributed by atoms with E-state index in [2.05, 4.69) is 18.7 Å². The van der Waals surface area contributed by atoms with E-state index >= 15 is 0 Å². The average molecular weight is 288 g/mol. The van der Waals surface area contributed by atoms with E-state index in [0.29, 0.717) is 18.5 Å². The second kappa shape index (κ2) is 5.34. The highest BCUT2D eigenvalue weighted by Crippen LogP contribution is 2.42. The topological polar surface area (TPSA) is 63.4 Å². The van der Waals surface area contributed by atoms with Crippen LogP contribution in [0.3, 0.4) is 0 Å². The molecule has 5 heteroatoms. The van der Waals surface area contributed by atoms with Gasteiger partial charge in [-0.1, -0.05) is 13.3 Å². The lowest BCUT2D eigenvalue weighted by molar-refractivity contribution is 0.00962. The molecule has 2 aliphatic rings. The highest BCUT2D eigenvalue weighted by atomic mass is 32.2. The molecule has 112 valence electrons. The number of hydrogen-bond acceptors (Lipinski definition) is 4. The Kier molecular flexibility index (Phi) is 4.29. The largest absolute Gasteiger partial charge is 0.329 e.